The lowest BCUT2D eigenvalue weighted by Crippen LogP contribution is -2.13. The lowest BCUT2D eigenvalue weighted by Gasteiger charge is -2.12. The first-order valence-electron chi connectivity index (χ1n) is 9.76. The number of carbonyl (C=O) groups is 1. The molecule has 0 unspecified atom stereocenters. The number of phenols is 1. The van der Waals surface area contributed by atoms with Crippen LogP contribution in [-0.4, -0.2) is 11.0 Å². The fraction of sp³-hybridized carbons (Fsp3) is 0.0800. The number of benzene rings is 4. The van der Waals surface area contributed by atoms with Gasteiger partial charge in [0.05, 0.1) is 11.3 Å². The largest absolute Gasteiger partial charge is 0.505 e. The number of anilines is 3. The average Bonchev–Trinajstić information content (AvgIpc) is 2.76. The highest BCUT2D eigenvalue weighted by molar-refractivity contribution is 6.31. The van der Waals surface area contributed by atoms with Crippen molar-refractivity contribution in [3.05, 3.63) is 93.5 Å². The molecule has 1 amide bonds. The van der Waals surface area contributed by atoms with E-state index in [0.29, 0.717) is 16.1 Å². The predicted octanol–water partition coefficient (Wildman–Crippen LogP) is 6.57. The van der Waals surface area contributed by atoms with Crippen molar-refractivity contribution in [1.29, 1.82) is 0 Å². The molecule has 6 N–H and O–H groups in total. The SMILES string of the molecule is Cc1cc(Cl)ccc1N.Cc1cc(Cl)ccc1NC(=O)c1cc2ccccc2c(N)c1O. The highest BCUT2D eigenvalue weighted by Crippen LogP contribution is 2.34. The molecule has 0 aliphatic carbocycles. The van der Waals surface area contributed by atoms with Gasteiger partial charge in [0, 0.05) is 26.8 Å². The zero-order chi connectivity index (χ0) is 23.4. The van der Waals surface area contributed by atoms with Crippen molar-refractivity contribution in [3.8, 4) is 5.75 Å². The van der Waals surface area contributed by atoms with E-state index in [1.807, 2.05) is 38.1 Å². The van der Waals surface area contributed by atoms with Gasteiger partial charge in [0.25, 0.3) is 5.91 Å². The Balaban J connectivity index is 0.000000269. The Morgan fingerprint density at radius 1 is 0.875 bits per heavy atom. The van der Waals surface area contributed by atoms with Crippen LogP contribution in [0.15, 0.2) is 66.7 Å². The minimum Gasteiger partial charge on any atom is -0.505 e. The molecular formula is C25H23Cl2N3O2. The lowest BCUT2D eigenvalue weighted by atomic mass is 10.0. The van der Waals surface area contributed by atoms with Crippen LogP contribution in [0.25, 0.3) is 10.8 Å². The van der Waals surface area contributed by atoms with Crippen LogP contribution in [0, 0.1) is 13.8 Å². The van der Waals surface area contributed by atoms with E-state index in [-0.39, 0.29) is 17.0 Å². The summed E-state index contributed by atoms with van der Waals surface area (Å²) in [4.78, 5) is 12.5. The molecule has 0 saturated carbocycles. The molecule has 0 saturated heterocycles. The van der Waals surface area contributed by atoms with Gasteiger partial charge in [-0.25, -0.2) is 0 Å². The van der Waals surface area contributed by atoms with Gasteiger partial charge in [0.1, 0.15) is 0 Å². The Hall–Kier alpha value is -3.41. The molecule has 4 rings (SSSR count). The predicted molar refractivity (Wildman–Crippen MR) is 135 cm³/mol. The van der Waals surface area contributed by atoms with Gasteiger partial charge in [0.15, 0.2) is 5.75 Å². The number of fused-ring (bicyclic) bond motifs is 1. The Labute approximate surface area is 196 Å². The minimum atomic E-state index is -0.426. The smallest absolute Gasteiger partial charge is 0.259 e. The van der Waals surface area contributed by atoms with Crippen molar-refractivity contribution < 1.29 is 9.90 Å². The third-order valence-corrected chi connectivity index (χ3v) is 5.44. The third-order valence-electron chi connectivity index (χ3n) is 4.97. The van der Waals surface area contributed by atoms with Crippen molar-refractivity contribution in [2.24, 2.45) is 0 Å². The van der Waals surface area contributed by atoms with Crippen LogP contribution in [0.4, 0.5) is 17.1 Å². The van der Waals surface area contributed by atoms with Crippen LogP contribution in [-0.2, 0) is 0 Å². The van der Waals surface area contributed by atoms with Gasteiger partial charge in [-0.05, 0) is 72.8 Å². The Morgan fingerprint density at radius 3 is 2.12 bits per heavy atom. The normalized spacial score (nSPS) is 10.4. The van der Waals surface area contributed by atoms with E-state index in [1.54, 1.807) is 42.5 Å². The molecule has 7 heteroatoms. The first-order chi connectivity index (χ1) is 15.2. The lowest BCUT2D eigenvalue weighted by molar-refractivity contribution is 0.102. The fourth-order valence-electron chi connectivity index (χ4n) is 3.13. The molecule has 5 nitrogen and oxygen atoms in total. The Morgan fingerprint density at radius 2 is 1.50 bits per heavy atom. The number of amides is 1. The highest BCUT2D eigenvalue weighted by atomic mass is 35.5. The maximum Gasteiger partial charge on any atom is 0.259 e. The monoisotopic (exact) mass is 467 g/mol. The van der Waals surface area contributed by atoms with Gasteiger partial charge >= 0.3 is 0 Å². The molecule has 0 spiro atoms. The second-order valence-corrected chi connectivity index (χ2v) is 8.19. The molecule has 0 bridgehead atoms. The van der Waals surface area contributed by atoms with Crippen LogP contribution in [0.1, 0.15) is 21.5 Å². The summed E-state index contributed by atoms with van der Waals surface area (Å²) in [5.74, 6) is -0.641. The summed E-state index contributed by atoms with van der Waals surface area (Å²) in [6.07, 6.45) is 0. The van der Waals surface area contributed by atoms with E-state index in [2.05, 4.69) is 5.32 Å². The second kappa shape index (κ2) is 9.81. The van der Waals surface area contributed by atoms with Gasteiger partial charge in [-0.3, -0.25) is 4.79 Å². The molecule has 4 aromatic carbocycles. The van der Waals surface area contributed by atoms with Crippen LogP contribution < -0.4 is 16.8 Å². The number of nitrogen functional groups attached to an aromatic ring is 2. The summed E-state index contributed by atoms with van der Waals surface area (Å²) in [6, 6.07) is 19.5. The number of phenolic OH excluding ortho intramolecular Hbond substituents is 1. The number of rotatable bonds is 2. The molecule has 0 heterocycles. The van der Waals surface area contributed by atoms with Crippen molar-refractivity contribution in [2.45, 2.75) is 13.8 Å². The first kappa shape index (κ1) is 23.3. The van der Waals surface area contributed by atoms with Gasteiger partial charge in [-0.2, -0.15) is 0 Å². The summed E-state index contributed by atoms with van der Waals surface area (Å²) >= 11 is 11.6. The zero-order valence-corrected chi connectivity index (χ0v) is 19.1. The number of nitrogens with two attached hydrogens (primary N) is 2. The van der Waals surface area contributed by atoms with E-state index in [4.69, 9.17) is 34.7 Å². The maximum atomic E-state index is 12.5. The van der Waals surface area contributed by atoms with Gasteiger partial charge < -0.3 is 21.9 Å². The number of carbonyl (C=O) groups excluding carboxylic acids is 1. The molecule has 0 aliphatic rings. The number of nitrogens with one attached hydrogen (secondary N) is 1. The first-order valence-corrected chi connectivity index (χ1v) is 10.5. The van der Waals surface area contributed by atoms with E-state index in [9.17, 15) is 9.90 Å². The molecule has 0 radical (unpaired) electrons. The average molecular weight is 468 g/mol. The van der Waals surface area contributed by atoms with E-state index in [0.717, 1.165) is 27.2 Å². The summed E-state index contributed by atoms with van der Waals surface area (Å²) in [6.45, 7) is 3.78. The van der Waals surface area contributed by atoms with Crippen LogP contribution >= 0.6 is 23.2 Å². The number of hydrogen-bond donors (Lipinski definition) is 4. The van der Waals surface area contributed by atoms with Crippen molar-refractivity contribution in [1.82, 2.24) is 0 Å². The van der Waals surface area contributed by atoms with E-state index in [1.165, 1.54) is 0 Å². The molecule has 0 fully saturated rings. The van der Waals surface area contributed by atoms with E-state index < -0.39 is 5.91 Å². The molecule has 0 aromatic heterocycles. The van der Waals surface area contributed by atoms with E-state index >= 15 is 0 Å². The molecule has 4 aromatic rings. The second-order valence-electron chi connectivity index (χ2n) is 7.32. The van der Waals surface area contributed by atoms with Crippen molar-refractivity contribution in [3.63, 3.8) is 0 Å². The van der Waals surface area contributed by atoms with Crippen LogP contribution in [0.3, 0.4) is 0 Å². The summed E-state index contributed by atoms with van der Waals surface area (Å²) in [7, 11) is 0. The Kier molecular flexibility index (Phi) is 7.13. The zero-order valence-electron chi connectivity index (χ0n) is 17.6. The Bertz CT molecular complexity index is 1310. The molecule has 32 heavy (non-hydrogen) atoms. The summed E-state index contributed by atoms with van der Waals surface area (Å²) in [5.41, 5.74) is 15.1. The number of aryl methyl sites for hydroxylation is 2. The van der Waals surface area contributed by atoms with Crippen molar-refractivity contribution in [2.75, 3.05) is 16.8 Å². The molecule has 0 aliphatic heterocycles. The molecule has 164 valence electrons. The standard InChI is InChI=1S/C18H15ClN2O2.C7H8ClN/c1-10-8-12(19)6-7-15(10)21-18(23)14-9-11-4-2-3-5-13(11)16(20)17(14)22;1-5-4-6(8)2-3-7(5)9/h2-9,22H,20H2,1H3,(H,21,23);2-4H,9H2,1H3. The minimum absolute atomic E-state index is 0.135. The van der Waals surface area contributed by atoms with Gasteiger partial charge in [-0.15, -0.1) is 0 Å². The quantitative estimate of drug-likeness (QED) is 0.197. The molecular weight excluding hydrogens is 445 g/mol. The topological polar surface area (TPSA) is 101 Å². The summed E-state index contributed by atoms with van der Waals surface area (Å²) < 4.78 is 0. The van der Waals surface area contributed by atoms with Crippen LogP contribution in [0.5, 0.6) is 5.75 Å². The van der Waals surface area contributed by atoms with Crippen LogP contribution in [0.2, 0.25) is 10.0 Å². The molecule has 0 atom stereocenters. The third kappa shape index (κ3) is 5.25. The number of halogens is 2. The number of hydrogen-bond acceptors (Lipinski definition) is 4. The summed E-state index contributed by atoms with van der Waals surface area (Å²) in [5, 5.41) is 15.9. The number of aromatic hydroxyl groups is 1. The highest BCUT2D eigenvalue weighted by Gasteiger charge is 2.17. The van der Waals surface area contributed by atoms with Gasteiger partial charge in [-0.1, -0.05) is 47.5 Å². The fourth-order valence-corrected chi connectivity index (χ4v) is 3.59. The van der Waals surface area contributed by atoms with Crippen molar-refractivity contribution >= 4 is 56.9 Å². The van der Waals surface area contributed by atoms with Gasteiger partial charge in [0.2, 0.25) is 0 Å². The maximum absolute atomic E-state index is 12.5.